The molecule has 1 N–H and O–H groups in total. The lowest BCUT2D eigenvalue weighted by atomic mass is 9.98. The lowest BCUT2D eigenvalue weighted by molar-refractivity contribution is -0.133. The van der Waals surface area contributed by atoms with Crippen LogP contribution in [0.25, 0.3) is 0 Å². The Kier molecular flexibility index (Phi) is 4.04. The summed E-state index contributed by atoms with van der Waals surface area (Å²) in [4.78, 5) is 17.6. The van der Waals surface area contributed by atoms with Crippen LogP contribution in [0.2, 0.25) is 0 Å². The van der Waals surface area contributed by atoms with Crippen LogP contribution in [0.5, 0.6) is 0 Å². The van der Waals surface area contributed by atoms with Gasteiger partial charge in [0.05, 0.1) is 11.7 Å². The quantitative estimate of drug-likeness (QED) is 0.854. The first kappa shape index (κ1) is 14.3. The van der Waals surface area contributed by atoms with E-state index in [-0.39, 0.29) is 11.7 Å². The number of hydrogen-bond donors (Lipinski definition) is 1. The van der Waals surface area contributed by atoms with E-state index in [2.05, 4.69) is 29.0 Å². The standard InChI is InChI=1S/C16H29N3O/c1-3-14-17-16(8-4-5-9-16)15(20)19(14)12-13(2)18-10-6-7-11-18/h13-14,17H,3-12H2,1-2H3. The summed E-state index contributed by atoms with van der Waals surface area (Å²) < 4.78 is 0. The third kappa shape index (κ3) is 2.37. The van der Waals surface area contributed by atoms with Gasteiger partial charge in [0.25, 0.3) is 0 Å². The van der Waals surface area contributed by atoms with Crippen LogP contribution in [0.1, 0.15) is 58.8 Å². The second-order valence-electron chi connectivity index (χ2n) is 6.91. The Morgan fingerprint density at radius 1 is 1.25 bits per heavy atom. The highest BCUT2D eigenvalue weighted by Crippen LogP contribution is 2.37. The van der Waals surface area contributed by atoms with Crippen molar-refractivity contribution in [3.05, 3.63) is 0 Å². The van der Waals surface area contributed by atoms with Gasteiger partial charge in [0.15, 0.2) is 0 Å². The first-order valence-electron chi connectivity index (χ1n) is 8.49. The Morgan fingerprint density at radius 3 is 2.50 bits per heavy atom. The Labute approximate surface area is 122 Å². The molecule has 3 rings (SSSR count). The zero-order valence-electron chi connectivity index (χ0n) is 13.0. The maximum atomic E-state index is 12.9. The average Bonchev–Trinajstić information content (AvgIpc) is 3.16. The van der Waals surface area contributed by atoms with E-state index in [1.54, 1.807) is 0 Å². The molecule has 0 aromatic carbocycles. The molecule has 0 radical (unpaired) electrons. The highest BCUT2D eigenvalue weighted by molar-refractivity contribution is 5.89. The Balaban J connectivity index is 1.68. The molecule has 2 aliphatic heterocycles. The van der Waals surface area contributed by atoms with Crippen LogP contribution in [0.15, 0.2) is 0 Å². The van der Waals surface area contributed by atoms with Gasteiger partial charge in [-0.2, -0.15) is 0 Å². The fourth-order valence-electron chi connectivity index (χ4n) is 4.33. The number of rotatable bonds is 4. The first-order chi connectivity index (χ1) is 9.66. The second-order valence-corrected chi connectivity index (χ2v) is 6.91. The molecule has 2 atom stereocenters. The zero-order valence-corrected chi connectivity index (χ0v) is 13.0. The fraction of sp³-hybridized carbons (Fsp3) is 0.938. The minimum absolute atomic E-state index is 0.203. The van der Waals surface area contributed by atoms with Crippen molar-refractivity contribution in [2.45, 2.75) is 76.5 Å². The van der Waals surface area contributed by atoms with E-state index >= 15 is 0 Å². The number of hydrogen-bond acceptors (Lipinski definition) is 3. The maximum absolute atomic E-state index is 12.9. The van der Waals surface area contributed by atoms with E-state index in [1.807, 2.05) is 0 Å². The molecule has 0 aromatic heterocycles. The summed E-state index contributed by atoms with van der Waals surface area (Å²) in [7, 11) is 0. The van der Waals surface area contributed by atoms with E-state index in [0.717, 1.165) is 25.8 Å². The molecule has 3 fully saturated rings. The van der Waals surface area contributed by atoms with Gasteiger partial charge in [0.2, 0.25) is 5.91 Å². The van der Waals surface area contributed by atoms with Crippen molar-refractivity contribution in [1.82, 2.24) is 15.1 Å². The molecule has 2 unspecified atom stereocenters. The van der Waals surface area contributed by atoms with Crippen LogP contribution in [-0.2, 0) is 4.79 Å². The minimum atomic E-state index is -0.203. The van der Waals surface area contributed by atoms with E-state index in [9.17, 15) is 4.79 Å². The van der Waals surface area contributed by atoms with Gasteiger partial charge >= 0.3 is 0 Å². The van der Waals surface area contributed by atoms with Crippen molar-refractivity contribution in [1.29, 1.82) is 0 Å². The van der Waals surface area contributed by atoms with Crippen LogP contribution >= 0.6 is 0 Å². The predicted molar refractivity (Wildman–Crippen MR) is 80.4 cm³/mol. The number of carbonyl (C=O) groups is 1. The van der Waals surface area contributed by atoms with Crippen molar-refractivity contribution in [3.63, 3.8) is 0 Å². The van der Waals surface area contributed by atoms with Gasteiger partial charge in [-0.05, 0) is 52.1 Å². The third-order valence-electron chi connectivity index (χ3n) is 5.56. The van der Waals surface area contributed by atoms with Crippen molar-refractivity contribution < 1.29 is 4.79 Å². The van der Waals surface area contributed by atoms with Gasteiger partial charge in [-0.1, -0.05) is 19.8 Å². The lowest BCUT2D eigenvalue weighted by Crippen LogP contribution is -2.46. The lowest BCUT2D eigenvalue weighted by Gasteiger charge is -2.31. The average molecular weight is 279 g/mol. The molecule has 3 aliphatic rings. The topological polar surface area (TPSA) is 35.6 Å². The smallest absolute Gasteiger partial charge is 0.244 e. The highest BCUT2D eigenvalue weighted by Gasteiger charge is 2.51. The summed E-state index contributed by atoms with van der Waals surface area (Å²) >= 11 is 0. The number of nitrogens with one attached hydrogen (secondary N) is 1. The first-order valence-corrected chi connectivity index (χ1v) is 8.49. The van der Waals surface area contributed by atoms with Crippen LogP contribution in [-0.4, -0.2) is 53.1 Å². The number of carbonyl (C=O) groups excluding carboxylic acids is 1. The Bertz CT molecular complexity index is 359. The van der Waals surface area contributed by atoms with Crippen LogP contribution < -0.4 is 5.32 Å². The molecular weight excluding hydrogens is 250 g/mol. The summed E-state index contributed by atoms with van der Waals surface area (Å²) in [5.41, 5.74) is -0.203. The van der Waals surface area contributed by atoms with E-state index in [1.165, 1.54) is 38.8 Å². The van der Waals surface area contributed by atoms with Gasteiger partial charge < -0.3 is 4.90 Å². The van der Waals surface area contributed by atoms with Crippen molar-refractivity contribution in [2.24, 2.45) is 0 Å². The van der Waals surface area contributed by atoms with Crippen LogP contribution in [0.3, 0.4) is 0 Å². The number of nitrogens with zero attached hydrogens (tertiary/aromatic N) is 2. The van der Waals surface area contributed by atoms with Crippen LogP contribution in [0.4, 0.5) is 0 Å². The molecule has 4 heteroatoms. The molecule has 2 saturated heterocycles. The predicted octanol–water partition coefficient (Wildman–Crippen LogP) is 1.95. The van der Waals surface area contributed by atoms with Gasteiger partial charge in [0.1, 0.15) is 0 Å². The molecule has 1 spiro atoms. The summed E-state index contributed by atoms with van der Waals surface area (Å²) in [5.74, 6) is 0.382. The molecule has 4 nitrogen and oxygen atoms in total. The van der Waals surface area contributed by atoms with Crippen molar-refractivity contribution >= 4 is 5.91 Å². The fourth-order valence-corrected chi connectivity index (χ4v) is 4.33. The van der Waals surface area contributed by atoms with Gasteiger partial charge in [-0.3, -0.25) is 15.0 Å². The Morgan fingerprint density at radius 2 is 1.90 bits per heavy atom. The molecule has 0 aromatic rings. The Hall–Kier alpha value is -0.610. The minimum Gasteiger partial charge on any atom is -0.324 e. The second kappa shape index (κ2) is 5.64. The van der Waals surface area contributed by atoms with Crippen molar-refractivity contribution in [3.8, 4) is 0 Å². The van der Waals surface area contributed by atoms with E-state index in [4.69, 9.17) is 0 Å². The SMILES string of the molecule is CCC1NC2(CCCC2)C(=O)N1CC(C)N1CCCC1. The van der Waals surface area contributed by atoms with Gasteiger partial charge in [-0.15, -0.1) is 0 Å². The highest BCUT2D eigenvalue weighted by atomic mass is 16.2. The number of amides is 1. The molecule has 1 aliphatic carbocycles. The maximum Gasteiger partial charge on any atom is 0.244 e. The van der Waals surface area contributed by atoms with Crippen molar-refractivity contribution in [2.75, 3.05) is 19.6 Å². The van der Waals surface area contributed by atoms with E-state index in [0.29, 0.717) is 11.9 Å². The molecule has 114 valence electrons. The summed E-state index contributed by atoms with van der Waals surface area (Å²) in [6.45, 7) is 7.78. The van der Waals surface area contributed by atoms with Gasteiger partial charge in [-0.25, -0.2) is 0 Å². The molecule has 0 bridgehead atoms. The summed E-state index contributed by atoms with van der Waals surface area (Å²) in [6.07, 6.45) is 8.38. The molecule has 2 heterocycles. The summed E-state index contributed by atoms with van der Waals surface area (Å²) in [5, 5.41) is 3.67. The number of likely N-dealkylation sites (tertiary alicyclic amines) is 1. The zero-order chi connectivity index (χ0) is 14.2. The molecular formula is C16H29N3O. The monoisotopic (exact) mass is 279 g/mol. The molecule has 1 amide bonds. The normalized spacial score (nSPS) is 31.6. The largest absolute Gasteiger partial charge is 0.324 e. The molecule has 20 heavy (non-hydrogen) atoms. The van der Waals surface area contributed by atoms with Crippen LogP contribution in [0, 0.1) is 0 Å². The summed E-state index contributed by atoms with van der Waals surface area (Å²) in [6, 6.07) is 0.494. The van der Waals surface area contributed by atoms with E-state index < -0.39 is 0 Å². The third-order valence-corrected chi connectivity index (χ3v) is 5.56. The van der Waals surface area contributed by atoms with Gasteiger partial charge in [0, 0.05) is 12.6 Å². The molecule has 1 saturated carbocycles.